The molecule has 0 aromatic carbocycles. The SMILES string of the molecule is CS(=O)(=O)c1n[c]c(C(=O)O)cn1. The van der Waals surface area contributed by atoms with E-state index in [9.17, 15) is 13.2 Å². The molecule has 1 aromatic heterocycles. The number of carboxylic acids is 1. The number of aromatic nitrogens is 2. The maximum atomic E-state index is 10.8. The van der Waals surface area contributed by atoms with Crippen molar-refractivity contribution in [3.8, 4) is 0 Å². The van der Waals surface area contributed by atoms with Crippen LogP contribution < -0.4 is 0 Å². The summed E-state index contributed by atoms with van der Waals surface area (Å²) < 4.78 is 21.6. The van der Waals surface area contributed by atoms with Gasteiger partial charge in [-0.2, -0.15) is 0 Å². The van der Waals surface area contributed by atoms with Crippen molar-refractivity contribution in [3.63, 3.8) is 0 Å². The zero-order valence-electron chi connectivity index (χ0n) is 6.55. The molecule has 1 heterocycles. The molecule has 1 radical (unpaired) electrons. The second kappa shape index (κ2) is 3.09. The number of nitrogens with zero attached hydrogens (tertiary/aromatic N) is 2. The molecule has 0 aliphatic rings. The topological polar surface area (TPSA) is 97.2 Å². The highest BCUT2D eigenvalue weighted by atomic mass is 32.2. The predicted octanol–water partition coefficient (Wildman–Crippen LogP) is -0.622. The minimum absolute atomic E-state index is 0.271. The molecule has 0 bridgehead atoms. The average molecular weight is 201 g/mol. The fourth-order valence-electron chi connectivity index (χ4n) is 0.567. The molecular formula is C6H5N2O4S. The van der Waals surface area contributed by atoms with Gasteiger partial charge in [0.1, 0.15) is 11.8 Å². The maximum Gasteiger partial charge on any atom is 0.339 e. The van der Waals surface area contributed by atoms with Crippen molar-refractivity contribution in [2.24, 2.45) is 0 Å². The van der Waals surface area contributed by atoms with Crippen molar-refractivity contribution in [1.82, 2.24) is 9.97 Å². The number of carboxylic acid groups (broad SMARTS) is 1. The van der Waals surface area contributed by atoms with E-state index < -0.39 is 21.0 Å². The Morgan fingerprint density at radius 3 is 2.54 bits per heavy atom. The highest BCUT2D eigenvalue weighted by molar-refractivity contribution is 7.90. The quantitative estimate of drug-likeness (QED) is 0.640. The van der Waals surface area contributed by atoms with Crippen LogP contribution >= 0.6 is 0 Å². The molecule has 0 saturated heterocycles. The van der Waals surface area contributed by atoms with Gasteiger partial charge in [-0.05, 0) is 0 Å². The summed E-state index contributed by atoms with van der Waals surface area (Å²) in [6, 6.07) is 0. The summed E-state index contributed by atoms with van der Waals surface area (Å²) in [4.78, 5) is 16.9. The van der Waals surface area contributed by atoms with E-state index in [0.717, 1.165) is 12.5 Å². The summed E-state index contributed by atoms with van der Waals surface area (Å²) in [7, 11) is -3.49. The van der Waals surface area contributed by atoms with E-state index in [1.54, 1.807) is 0 Å². The van der Waals surface area contributed by atoms with Crippen LogP contribution in [0.4, 0.5) is 0 Å². The highest BCUT2D eigenvalue weighted by Crippen LogP contribution is 2.00. The highest BCUT2D eigenvalue weighted by Gasteiger charge is 2.12. The second-order valence-corrected chi connectivity index (χ2v) is 4.16. The lowest BCUT2D eigenvalue weighted by Gasteiger charge is -1.95. The van der Waals surface area contributed by atoms with Crippen molar-refractivity contribution >= 4 is 15.8 Å². The van der Waals surface area contributed by atoms with E-state index in [-0.39, 0.29) is 5.56 Å². The third-order valence-corrected chi connectivity index (χ3v) is 2.00. The van der Waals surface area contributed by atoms with Crippen LogP contribution in [0.25, 0.3) is 0 Å². The molecule has 0 spiro atoms. The first-order valence-corrected chi connectivity index (χ1v) is 4.98. The van der Waals surface area contributed by atoms with Crippen molar-refractivity contribution in [3.05, 3.63) is 18.0 Å². The number of rotatable bonds is 2. The monoisotopic (exact) mass is 201 g/mol. The molecule has 0 amide bonds. The zero-order chi connectivity index (χ0) is 10.1. The van der Waals surface area contributed by atoms with Crippen LogP contribution in [0.3, 0.4) is 0 Å². The number of sulfone groups is 1. The Morgan fingerprint density at radius 1 is 1.62 bits per heavy atom. The molecule has 7 heteroatoms. The third kappa shape index (κ3) is 2.22. The van der Waals surface area contributed by atoms with Gasteiger partial charge in [0, 0.05) is 12.5 Å². The molecule has 1 rings (SSSR count). The van der Waals surface area contributed by atoms with Crippen molar-refractivity contribution in [1.29, 1.82) is 0 Å². The number of hydrogen-bond acceptors (Lipinski definition) is 5. The molecule has 13 heavy (non-hydrogen) atoms. The fraction of sp³-hybridized carbons (Fsp3) is 0.167. The standard InChI is InChI=1S/C6H5N2O4S/c1-13(11,12)6-7-2-4(3-8-6)5(9)10/h2H,1H3,(H,9,10). The predicted molar refractivity (Wildman–Crippen MR) is 40.9 cm³/mol. The molecule has 0 saturated carbocycles. The van der Waals surface area contributed by atoms with E-state index in [0.29, 0.717) is 0 Å². The summed E-state index contributed by atoms with van der Waals surface area (Å²) in [5.41, 5.74) is -0.271. The molecule has 69 valence electrons. The maximum absolute atomic E-state index is 10.8. The molecular weight excluding hydrogens is 196 g/mol. The van der Waals surface area contributed by atoms with Gasteiger partial charge in [0.2, 0.25) is 15.0 Å². The molecule has 1 N–H and O–H groups in total. The average Bonchev–Trinajstić information content (AvgIpc) is 2.03. The molecule has 0 fully saturated rings. The lowest BCUT2D eigenvalue weighted by atomic mass is 10.4. The molecule has 0 atom stereocenters. The van der Waals surface area contributed by atoms with Gasteiger partial charge in [-0.15, -0.1) is 0 Å². The summed E-state index contributed by atoms with van der Waals surface area (Å²) in [5, 5.41) is 7.98. The summed E-state index contributed by atoms with van der Waals surface area (Å²) >= 11 is 0. The number of aromatic carboxylic acids is 1. The fourth-order valence-corrected chi connectivity index (χ4v) is 1.02. The number of carbonyl (C=O) groups is 1. The van der Waals surface area contributed by atoms with Crippen molar-refractivity contribution in [2.75, 3.05) is 6.26 Å². The van der Waals surface area contributed by atoms with Crippen LogP contribution in [-0.2, 0) is 9.84 Å². The Labute approximate surface area is 74.2 Å². The minimum atomic E-state index is -3.49. The molecule has 0 unspecified atom stereocenters. The second-order valence-electron chi connectivity index (χ2n) is 2.26. The number of hydrogen-bond donors (Lipinski definition) is 1. The van der Waals surface area contributed by atoms with Gasteiger partial charge in [0.25, 0.3) is 0 Å². The van der Waals surface area contributed by atoms with Crippen molar-refractivity contribution < 1.29 is 18.3 Å². The first kappa shape index (κ1) is 9.59. The van der Waals surface area contributed by atoms with Gasteiger partial charge in [-0.3, -0.25) is 0 Å². The Hall–Kier alpha value is -1.50. The first-order valence-electron chi connectivity index (χ1n) is 3.09. The minimum Gasteiger partial charge on any atom is -0.478 e. The summed E-state index contributed by atoms with van der Waals surface area (Å²) in [5.74, 6) is -1.25. The Bertz CT molecular complexity index is 422. The Balaban J connectivity index is 3.16. The van der Waals surface area contributed by atoms with E-state index in [2.05, 4.69) is 16.2 Å². The summed E-state index contributed by atoms with van der Waals surface area (Å²) in [6.07, 6.45) is 3.87. The van der Waals surface area contributed by atoms with Crippen molar-refractivity contribution in [2.45, 2.75) is 5.16 Å². The van der Waals surface area contributed by atoms with Crippen LogP contribution in [-0.4, -0.2) is 35.7 Å². The van der Waals surface area contributed by atoms with E-state index in [1.165, 1.54) is 0 Å². The smallest absolute Gasteiger partial charge is 0.339 e. The largest absolute Gasteiger partial charge is 0.478 e. The van der Waals surface area contributed by atoms with Gasteiger partial charge >= 0.3 is 5.97 Å². The molecule has 1 aromatic rings. The van der Waals surface area contributed by atoms with E-state index >= 15 is 0 Å². The zero-order valence-corrected chi connectivity index (χ0v) is 7.37. The van der Waals surface area contributed by atoms with Gasteiger partial charge in [-0.25, -0.2) is 23.2 Å². The molecule has 6 nitrogen and oxygen atoms in total. The van der Waals surface area contributed by atoms with Crippen LogP contribution in [0.5, 0.6) is 0 Å². The third-order valence-electron chi connectivity index (χ3n) is 1.14. The van der Waals surface area contributed by atoms with Crippen LogP contribution in [0.2, 0.25) is 0 Å². The van der Waals surface area contributed by atoms with Crippen LogP contribution in [0.1, 0.15) is 10.4 Å². The summed E-state index contributed by atoms with van der Waals surface area (Å²) in [6.45, 7) is 0. The Morgan fingerprint density at radius 2 is 2.23 bits per heavy atom. The van der Waals surface area contributed by atoms with Gasteiger partial charge < -0.3 is 5.11 Å². The first-order chi connectivity index (χ1) is 5.91. The lowest BCUT2D eigenvalue weighted by molar-refractivity contribution is 0.0695. The van der Waals surface area contributed by atoms with Gasteiger partial charge in [0.15, 0.2) is 0 Å². The Kier molecular flexibility index (Phi) is 2.28. The van der Waals surface area contributed by atoms with E-state index in [1.807, 2.05) is 0 Å². The lowest BCUT2D eigenvalue weighted by Crippen LogP contribution is -2.06. The van der Waals surface area contributed by atoms with Crippen LogP contribution in [0, 0.1) is 6.20 Å². The van der Waals surface area contributed by atoms with Gasteiger partial charge in [-0.1, -0.05) is 0 Å². The van der Waals surface area contributed by atoms with E-state index in [4.69, 9.17) is 5.11 Å². The normalized spacial score (nSPS) is 11.2. The van der Waals surface area contributed by atoms with Gasteiger partial charge in [0.05, 0.1) is 0 Å². The molecule has 0 aliphatic heterocycles. The molecule has 0 aliphatic carbocycles. The van der Waals surface area contributed by atoms with Crippen LogP contribution in [0.15, 0.2) is 11.4 Å².